The highest BCUT2D eigenvalue weighted by molar-refractivity contribution is 5.54. The molecular formula is C17H16N4O4. The number of methoxy groups -OCH3 is 1. The quantitative estimate of drug-likeness (QED) is 0.732. The van der Waals surface area contributed by atoms with Crippen LogP contribution >= 0.6 is 0 Å². The van der Waals surface area contributed by atoms with Crippen molar-refractivity contribution in [2.24, 2.45) is 0 Å². The molecule has 1 aliphatic heterocycles. The van der Waals surface area contributed by atoms with Gasteiger partial charge in [-0.2, -0.15) is 4.98 Å². The van der Waals surface area contributed by atoms with E-state index in [0.29, 0.717) is 24.9 Å². The fourth-order valence-electron chi connectivity index (χ4n) is 2.43. The fourth-order valence-corrected chi connectivity index (χ4v) is 2.43. The van der Waals surface area contributed by atoms with Crippen LogP contribution < -0.4 is 14.8 Å². The Kier molecular flexibility index (Phi) is 4.17. The summed E-state index contributed by atoms with van der Waals surface area (Å²) in [7, 11) is 1.58. The van der Waals surface area contributed by atoms with E-state index in [1.807, 2.05) is 30.3 Å². The maximum absolute atomic E-state index is 5.38. The molecule has 0 aliphatic carbocycles. The number of fused-ring (bicyclic) bond motifs is 1. The first-order valence-electron chi connectivity index (χ1n) is 7.72. The molecule has 3 heterocycles. The van der Waals surface area contributed by atoms with E-state index in [-0.39, 0.29) is 6.79 Å². The Hall–Kier alpha value is -3.13. The van der Waals surface area contributed by atoms with Crippen LogP contribution in [0, 0.1) is 0 Å². The molecule has 0 amide bonds. The first kappa shape index (κ1) is 15.4. The number of anilines is 1. The minimum atomic E-state index is 0.275. The zero-order valence-corrected chi connectivity index (χ0v) is 13.6. The molecule has 128 valence electrons. The highest BCUT2D eigenvalue weighted by Gasteiger charge is 2.13. The van der Waals surface area contributed by atoms with E-state index in [1.165, 1.54) is 0 Å². The Bertz CT molecular complexity index is 863. The zero-order chi connectivity index (χ0) is 17.1. The van der Waals surface area contributed by atoms with Gasteiger partial charge < -0.3 is 24.1 Å². The second-order valence-corrected chi connectivity index (χ2v) is 5.42. The molecule has 1 N–H and O–H groups in total. The highest BCUT2D eigenvalue weighted by atomic mass is 16.7. The molecule has 8 heteroatoms. The molecule has 25 heavy (non-hydrogen) atoms. The Morgan fingerprint density at radius 2 is 2.08 bits per heavy atom. The van der Waals surface area contributed by atoms with Crippen molar-refractivity contribution >= 4 is 5.82 Å². The third-order valence-corrected chi connectivity index (χ3v) is 3.66. The van der Waals surface area contributed by atoms with Gasteiger partial charge in [-0.1, -0.05) is 11.2 Å². The van der Waals surface area contributed by atoms with Crippen molar-refractivity contribution in [2.45, 2.75) is 13.2 Å². The number of nitrogens with zero attached hydrogens (tertiary/aromatic N) is 3. The lowest BCUT2D eigenvalue weighted by atomic mass is 10.2. The number of nitrogens with one attached hydrogen (secondary N) is 1. The fraction of sp³-hybridized carbons (Fsp3) is 0.235. The summed E-state index contributed by atoms with van der Waals surface area (Å²) >= 11 is 0. The maximum Gasteiger partial charge on any atom is 0.259 e. The molecule has 0 radical (unpaired) electrons. The van der Waals surface area contributed by atoms with Crippen LogP contribution in [-0.2, 0) is 17.9 Å². The number of benzene rings is 1. The second-order valence-electron chi connectivity index (χ2n) is 5.42. The molecule has 1 aliphatic rings. The van der Waals surface area contributed by atoms with E-state index in [0.717, 1.165) is 28.4 Å². The van der Waals surface area contributed by atoms with Gasteiger partial charge in [0.2, 0.25) is 6.79 Å². The van der Waals surface area contributed by atoms with E-state index in [9.17, 15) is 0 Å². The third kappa shape index (κ3) is 3.38. The standard InChI is InChI=1S/C17H16N4O4/c1-22-9-16-20-17(25-21-16)12-3-5-15(19-8-12)18-7-11-2-4-13-14(6-11)24-10-23-13/h2-6,8H,7,9-10H2,1H3,(H,18,19). The number of aromatic nitrogens is 3. The molecule has 0 saturated carbocycles. The van der Waals surface area contributed by atoms with Gasteiger partial charge in [0.1, 0.15) is 12.4 Å². The summed E-state index contributed by atoms with van der Waals surface area (Å²) in [6.07, 6.45) is 1.69. The number of hydrogen-bond acceptors (Lipinski definition) is 8. The topological polar surface area (TPSA) is 91.5 Å². The van der Waals surface area contributed by atoms with Gasteiger partial charge in [0.05, 0.1) is 5.56 Å². The van der Waals surface area contributed by atoms with Crippen molar-refractivity contribution < 1.29 is 18.7 Å². The van der Waals surface area contributed by atoms with E-state index >= 15 is 0 Å². The van der Waals surface area contributed by atoms with E-state index in [4.69, 9.17) is 18.7 Å². The van der Waals surface area contributed by atoms with Gasteiger partial charge in [-0.3, -0.25) is 0 Å². The minimum Gasteiger partial charge on any atom is -0.454 e. The summed E-state index contributed by atoms with van der Waals surface area (Å²) in [5.74, 6) is 3.21. The molecule has 0 saturated heterocycles. The van der Waals surface area contributed by atoms with E-state index in [1.54, 1.807) is 13.3 Å². The zero-order valence-electron chi connectivity index (χ0n) is 13.6. The molecule has 3 aromatic rings. The molecule has 8 nitrogen and oxygen atoms in total. The highest BCUT2D eigenvalue weighted by Crippen LogP contribution is 2.32. The van der Waals surface area contributed by atoms with Crippen LogP contribution in [0.2, 0.25) is 0 Å². The average molecular weight is 340 g/mol. The monoisotopic (exact) mass is 340 g/mol. The summed E-state index contributed by atoms with van der Waals surface area (Å²) in [6, 6.07) is 9.59. The summed E-state index contributed by atoms with van der Waals surface area (Å²) in [5, 5.41) is 7.09. The van der Waals surface area contributed by atoms with Crippen molar-refractivity contribution in [3.63, 3.8) is 0 Å². The SMILES string of the molecule is COCc1noc(-c2ccc(NCc3ccc4c(c3)OCO4)nc2)n1. The van der Waals surface area contributed by atoms with E-state index < -0.39 is 0 Å². The van der Waals surface area contributed by atoms with Crippen molar-refractivity contribution in [2.75, 3.05) is 19.2 Å². The van der Waals surface area contributed by atoms with Crippen molar-refractivity contribution in [1.82, 2.24) is 15.1 Å². The Morgan fingerprint density at radius 3 is 2.92 bits per heavy atom. The van der Waals surface area contributed by atoms with Gasteiger partial charge in [-0.15, -0.1) is 0 Å². The van der Waals surface area contributed by atoms with Crippen LogP contribution in [0.4, 0.5) is 5.82 Å². The number of hydrogen-bond donors (Lipinski definition) is 1. The van der Waals surface area contributed by atoms with Crippen LogP contribution in [0.1, 0.15) is 11.4 Å². The lowest BCUT2D eigenvalue weighted by molar-refractivity contribution is 0.174. The molecule has 0 unspecified atom stereocenters. The average Bonchev–Trinajstić information content (AvgIpc) is 3.29. The maximum atomic E-state index is 5.38. The molecule has 0 spiro atoms. The van der Waals surface area contributed by atoms with E-state index in [2.05, 4.69) is 20.4 Å². The molecule has 1 aromatic carbocycles. The predicted molar refractivity (Wildman–Crippen MR) is 88.1 cm³/mol. The Balaban J connectivity index is 1.40. The van der Waals surface area contributed by atoms with Crippen molar-refractivity contribution in [3.8, 4) is 23.0 Å². The second kappa shape index (κ2) is 6.78. The smallest absolute Gasteiger partial charge is 0.259 e. The van der Waals surface area contributed by atoms with Crippen LogP contribution in [0.15, 0.2) is 41.1 Å². The Labute approximate surface area is 143 Å². The number of pyridine rings is 1. The Morgan fingerprint density at radius 1 is 1.16 bits per heavy atom. The van der Waals surface area contributed by atoms with Gasteiger partial charge in [0.25, 0.3) is 5.89 Å². The first-order chi connectivity index (χ1) is 12.3. The summed E-state index contributed by atoms with van der Waals surface area (Å²) in [6.45, 7) is 1.21. The first-order valence-corrected chi connectivity index (χ1v) is 7.72. The minimum absolute atomic E-state index is 0.275. The van der Waals surface area contributed by atoms with Crippen LogP contribution in [0.5, 0.6) is 11.5 Å². The van der Waals surface area contributed by atoms with Gasteiger partial charge >= 0.3 is 0 Å². The normalized spacial score (nSPS) is 12.4. The third-order valence-electron chi connectivity index (χ3n) is 3.66. The molecular weight excluding hydrogens is 324 g/mol. The van der Waals surface area contributed by atoms with Crippen molar-refractivity contribution in [3.05, 3.63) is 47.9 Å². The molecule has 0 bridgehead atoms. The van der Waals surface area contributed by atoms with Crippen molar-refractivity contribution in [1.29, 1.82) is 0 Å². The van der Waals surface area contributed by atoms with Gasteiger partial charge in [-0.05, 0) is 29.8 Å². The molecule has 2 aromatic heterocycles. The summed E-state index contributed by atoms with van der Waals surface area (Å²) in [5.41, 5.74) is 1.83. The number of ether oxygens (including phenoxy) is 3. The summed E-state index contributed by atoms with van der Waals surface area (Å²) < 4.78 is 20.8. The molecule has 0 atom stereocenters. The number of rotatable bonds is 6. The van der Waals surface area contributed by atoms with Gasteiger partial charge in [-0.25, -0.2) is 4.98 Å². The largest absolute Gasteiger partial charge is 0.454 e. The summed E-state index contributed by atoms with van der Waals surface area (Å²) in [4.78, 5) is 8.61. The van der Waals surface area contributed by atoms with Gasteiger partial charge in [0, 0.05) is 19.9 Å². The lowest BCUT2D eigenvalue weighted by Crippen LogP contribution is -2.01. The van der Waals surface area contributed by atoms with Crippen LogP contribution in [0.25, 0.3) is 11.5 Å². The van der Waals surface area contributed by atoms with Crippen LogP contribution in [-0.4, -0.2) is 29.0 Å². The van der Waals surface area contributed by atoms with Gasteiger partial charge in [0.15, 0.2) is 17.3 Å². The lowest BCUT2D eigenvalue weighted by Gasteiger charge is -2.06. The van der Waals surface area contributed by atoms with Crippen LogP contribution in [0.3, 0.4) is 0 Å². The molecule has 4 rings (SSSR count). The molecule has 0 fully saturated rings. The predicted octanol–water partition coefficient (Wildman–Crippen LogP) is 2.62.